The second-order valence-electron chi connectivity index (χ2n) is 4.85. The lowest BCUT2D eigenvalue weighted by Crippen LogP contribution is -2.52. The van der Waals surface area contributed by atoms with Gasteiger partial charge >= 0.3 is 0 Å². The molecule has 84 valence electrons. The van der Waals surface area contributed by atoms with Crippen molar-refractivity contribution in [2.45, 2.75) is 51.2 Å². The van der Waals surface area contributed by atoms with Crippen LogP contribution in [0.25, 0.3) is 0 Å². The van der Waals surface area contributed by atoms with Crippen LogP contribution in [-0.4, -0.2) is 35.0 Å². The lowest BCUT2D eigenvalue weighted by Gasteiger charge is -2.39. The molecule has 1 aliphatic rings. The Morgan fingerprint density at radius 1 is 1.43 bits per heavy atom. The van der Waals surface area contributed by atoms with E-state index in [1.807, 2.05) is 0 Å². The normalized spacial score (nSPS) is 35.6. The molecule has 0 aromatic carbocycles. The van der Waals surface area contributed by atoms with Crippen molar-refractivity contribution >= 4 is 0 Å². The maximum Gasteiger partial charge on any atom is 0.0636 e. The van der Waals surface area contributed by atoms with Crippen LogP contribution in [0.1, 0.15) is 39.5 Å². The van der Waals surface area contributed by atoms with E-state index in [1.54, 1.807) is 6.92 Å². The fraction of sp³-hybridized carbons (Fsp3) is 1.00. The van der Waals surface area contributed by atoms with E-state index in [9.17, 15) is 10.2 Å². The van der Waals surface area contributed by atoms with E-state index in [-0.39, 0.29) is 18.2 Å². The SMILES string of the molecule is CC1CCC(CO)(NC[C@@H](C)O)CC1. The van der Waals surface area contributed by atoms with Gasteiger partial charge in [0.15, 0.2) is 0 Å². The maximum atomic E-state index is 9.40. The zero-order valence-electron chi connectivity index (χ0n) is 9.29. The molecule has 3 heteroatoms. The molecule has 0 spiro atoms. The molecule has 1 rings (SSSR count). The van der Waals surface area contributed by atoms with Crippen molar-refractivity contribution in [2.24, 2.45) is 5.92 Å². The summed E-state index contributed by atoms with van der Waals surface area (Å²) in [7, 11) is 0. The number of rotatable bonds is 4. The Labute approximate surface area is 86.5 Å². The van der Waals surface area contributed by atoms with E-state index in [4.69, 9.17) is 0 Å². The second-order valence-corrected chi connectivity index (χ2v) is 4.85. The average molecular weight is 201 g/mol. The van der Waals surface area contributed by atoms with E-state index in [0.29, 0.717) is 6.54 Å². The van der Waals surface area contributed by atoms with Crippen LogP contribution in [0, 0.1) is 5.92 Å². The lowest BCUT2D eigenvalue weighted by atomic mass is 9.77. The average Bonchev–Trinajstić information content (AvgIpc) is 2.18. The first-order valence-electron chi connectivity index (χ1n) is 5.62. The highest BCUT2D eigenvalue weighted by atomic mass is 16.3. The molecule has 0 saturated heterocycles. The van der Waals surface area contributed by atoms with Gasteiger partial charge in [-0.05, 0) is 38.5 Å². The highest BCUT2D eigenvalue weighted by Gasteiger charge is 2.33. The van der Waals surface area contributed by atoms with Gasteiger partial charge in [-0.1, -0.05) is 6.92 Å². The molecule has 0 amide bonds. The molecule has 0 heterocycles. The third-order valence-corrected chi connectivity index (χ3v) is 3.31. The van der Waals surface area contributed by atoms with Crippen molar-refractivity contribution < 1.29 is 10.2 Å². The number of hydrogen-bond donors (Lipinski definition) is 3. The van der Waals surface area contributed by atoms with Gasteiger partial charge in [0, 0.05) is 12.1 Å². The molecule has 1 aliphatic carbocycles. The van der Waals surface area contributed by atoms with Crippen molar-refractivity contribution in [3.8, 4) is 0 Å². The molecule has 0 radical (unpaired) electrons. The minimum atomic E-state index is -0.335. The Kier molecular flexibility index (Phi) is 4.35. The van der Waals surface area contributed by atoms with Crippen molar-refractivity contribution in [3.63, 3.8) is 0 Å². The van der Waals surface area contributed by atoms with Gasteiger partial charge in [0.2, 0.25) is 0 Å². The van der Waals surface area contributed by atoms with Gasteiger partial charge in [0.05, 0.1) is 12.7 Å². The zero-order chi connectivity index (χ0) is 10.6. The van der Waals surface area contributed by atoms with Crippen LogP contribution < -0.4 is 5.32 Å². The standard InChI is InChI=1S/C11H23NO2/c1-9-3-5-11(8-13,6-4-9)12-7-10(2)14/h9-10,12-14H,3-8H2,1-2H3/t9?,10-,11?/m1/s1. The Morgan fingerprint density at radius 2 is 2.00 bits per heavy atom. The molecule has 3 N–H and O–H groups in total. The van der Waals surface area contributed by atoms with E-state index in [2.05, 4.69) is 12.2 Å². The first kappa shape index (κ1) is 12.0. The van der Waals surface area contributed by atoms with Crippen molar-refractivity contribution in [1.82, 2.24) is 5.32 Å². The number of hydrogen-bond acceptors (Lipinski definition) is 3. The lowest BCUT2D eigenvalue weighted by molar-refractivity contribution is 0.0877. The Hall–Kier alpha value is -0.120. The topological polar surface area (TPSA) is 52.5 Å². The maximum absolute atomic E-state index is 9.40. The Bertz CT molecular complexity index is 163. The largest absolute Gasteiger partial charge is 0.394 e. The van der Waals surface area contributed by atoms with E-state index < -0.39 is 0 Å². The monoisotopic (exact) mass is 201 g/mol. The van der Waals surface area contributed by atoms with Crippen molar-refractivity contribution in [1.29, 1.82) is 0 Å². The van der Waals surface area contributed by atoms with Gasteiger partial charge in [-0.2, -0.15) is 0 Å². The van der Waals surface area contributed by atoms with Gasteiger partial charge in [0.1, 0.15) is 0 Å². The van der Waals surface area contributed by atoms with Crippen LogP contribution in [0.2, 0.25) is 0 Å². The minimum Gasteiger partial charge on any atom is -0.394 e. The van der Waals surface area contributed by atoms with Gasteiger partial charge < -0.3 is 15.5 Å². The van der Waals surface area contributed by atoms with E-state index in [0.717, 1.165) is 18.8 Å². The number of nitrogens with one attached hydrogen (secondary N) is 1. The first-order valence-corrected chi connectivity index (χ1v) is 5.62. The summed E-state index contributed by atoms with van der Waals surface area (Å²) >= 11 is 0. The predicted molar refractivity (Wildman–Crippen MR) is 57.1 cm³/mol. The number of β-amino-alcohol motifs (C(OH)–C–C–N with tert-alkyl or cyclic N) is 1. The molecule has 1 fully saturated rings. The molecule has 0 unspecified atom stereocenters. The molecule has 0 bridgehead atoms. The molecule has 1 saturated carbocycles. The Morgan fingerprint density at radius 3 is 2.43 bits per heavy atom. The smallest absolute Gasteiger partial charge is 0.0636 e. The third-order valence-electron chi connectivity index (χ3n) is 3.31. The van der Waals surface area contributed by atoms with Crippen LogP contribution >= 0.6 is 0 Å². The van der Waals surface area contributed by atoms with Crippen LogP contribution in [0.4, 0.5) is 0 Å². The predicted octanol–water partition coefficient (Wildman–Crippen LogP) is 0.898. The summed E-state index contributed by atoms with van der Waals surface area (Å²) in [4.78, 5) is 0. The minimum absolute atomic E-state index is 0.122. The summed E-state index contributed by atoms with van der Waals surface area (Å²) in [5, 5.41) is 21.9. The quantitative estimate of drug-likeness (QED) is 0.633. The molecule has 1 atom stereocenters. The molecular weight excluding hydrogens is 178 g/mol. The van der Waals surface area contributed by atoms with E-state index in [1.165, 1.54) is 12.8 Å². The van der Waals surface area contributed by atoms with Crippen LogP contribution in [0.15, 0.2) is 0 Å². The van der Waals surface area contributed by atoms with E-state index >= 15 is 0 Å². The van der Waals surface area contributed by atoms with Gasteiger partial charge in [-0.15, -0.1) is 0 Å². The van der Waals surface area contributed by atoms with Crippen molar-refractivity contribution in [3.05, 3.63) is 0 Å². The summed E-state index contributed by atoms with van der Waals surface area (Å²) in [6, 6.07) is 0. The second kappa shape index (κ2) is 5.10. The summed E-state index contributed by atoms with van der Waals surface area (Å²) in [5.74, 6) is 0.781. The van der Waals surface area contributed by atoms with Crippen LogP contribution in [-0.2, 0) is 0 Å². The molecule has 0 aromatic heterocycles. The van der Waals surface area contributed by atoms with Gasteiger partial charge in [0.25, 0.3) is 0 Å². The summed E-state index contributed by atoms with van der Waals surface area (Å²) in [6.07, 6.45) is 4.06. The molecule has 0 aliphatic heterocycles. The molecule has 3 nitrogen and oxygen atoms in total. The van der Waals surface area contributed by atoms with Crippen LogP contribution in [0.5, 0.6) is 0 Å². The highest BCUT2D eigenvalue weighted by molar-refractivity contribution is 4.92. The Balaban J connectivity index is 2.41. The molecular formula is C11H23NO2. The van der Waals surface area contributed by atoms with Gasteiger partial charge in [-0.3, -0.25) is 0 Å². The summed E-state index contributed by atoms with van der Waals surface area (Å²) in [5.41, 5.74) is -0.122. The third kappa shape index (κ3) is 3.23. The zero-order valence-corrected chi connectivity index (χ0v) is 9.29. The number of aliphatic hydroxyl groups excluding tert-OH is 2. The summed E-state index contributed by atoms with van der Waals surface area (Å²) in [6.45, 7) is 4.79. The summed E-state index contributed by atoms with van der Waals surface area (Å²) < 4.78 is 0. The highest BCUT2D eigenvalue weighted by Crippen LogP contribution is 2.31. The van der Waals surface area contributed by atoms with Gasteiger partial charge in [-0.25, -0.2) is 0 Å². The van der Waals surface area contributed by atoms with Crippen LogP contribution in [0.3, 0.4) is 0 Å². The number of aliphatic hydroxyl groups is 2. The fourth-order valence-corrected chi connectivity index (χ4v) is 2.07. The molecule has 0 aromatic rings. The molecule has 14 heavy (non-hydrogen) atoms. The van der Waals surface area contributed by atoms with Crippen molar-refractivity contribution in [2.75, 3.05) is 13.2 Å². The first-order chi connectivity index (χ1) is 6.58. The fourth-order valence-electron chi connectivity index (χ4n) is 2.07.